The first-order valence-electron chi connectivity index (χ1n) is 9.85. The van der Waals surface area contributed by atoms with Crippen LogP contribution in [0.25, 0.3) is 22.2 Å². The Bertz CT molecular complexity index is 1280. The zero-order valence-corrected chi connectivity index (χ0v) is 17.9. The number of ketones is 1. The van der Waals surface area contributed by atoms with E-state index in [2.05, 4.69) is 0 Å². The lowest BCUT2D eigenvalue weighted by atomic mass is 10.0. The summed E-state index contributed by atoms with van der Waals surface area (Å²) >= 11 is 6.00. The predicted octanol–water partition coefficient (Wildman–Crippen LogP) is 6.21. The van der Waals surface area contributed by atoms with Crippen LogP contribution in [0.1, 0.15) is 31.8 Å². The van der Waals surface area contributed by atoms with Crippen molar-refractivity contribution in [3.63, 3.8) is 0 Å². The van der Waals surface area contributed by atoms with E-state index in [1.165, 1.54) is 0 Å². The summed E-state index contributed by atoms with van der Waals surface area (Å²) in [6.45, 7) is 3.57. The van der Waals surface area contributed by atoms with E-state index in [4.69, 9.17) is 21.3 Å². The first kappa shape index (κ1) is 20.8. The molecule has 4 rings (SSSR count). The number of benzene rings is 3. The molecule has 3 aromatic carbocycles. The third-order valence-electron chi connectivity index (χ3n) is 5.03. The molecular formula is C26H20ClNO3. The zero-order valence-electron chi connectivity index (χ0n) is 17.2. The van der Waals surface area contributed by atoms with Crippen LogP contribution in [-0.4, -0.2) is 23.3 Å². The van der Waals surface area contributed by atoms with Crippen LogP contribution in [0.4, 0.5) is 0 Å². The molecule has 4 nitrogen and oxygen atoms in total. The van der Waals surface area contributed by atoms with Gasteiger partial charge < -0.3 is 4.74 Å². The number of nitrogens with zero attached hydrogens (tertiary/aromatic N) is 1. The second kappa shape index (κ2) is 8.70. The maximum atomic E-state index is 13.0. The molecule has 0 unspecified atom stereocenters. The molecule has 0 amide bonds. The predicted molar refractivity (Wildman–Crippen MR) is 123 cm³/mol. The molecule has 0 fully saturated rings. The first-order valence-corrected chi connectivity index (χ1v) is 10.2. The number of carbonyl (C=O) groups excluding carboxylic acids is 2. The fraction of sp³-hybridized carbons (Fsp3) is 0.115. The summed E-state index contributed by atoms with van der Waals surface area (Å²) in [6.07, 6.45) is 0. The molecule has 4 aromatic rings. The molecule has 0 spiro atoms. The molecule has 1 aromatic heterocycles. The molecule has 1 heterocycles. The van der Waals surface area contributed by atoms with Crippen molar-refractivity contribution in [3.05, 3.63) is 100 Å². The van der Waals surface area contributed by atoms with E-state index in [9.17, 15) is 9.59 Å². The Morgan fingerprint density at radius 3 is 2.26 bits per heavy atom. The maximum Gasteiger partial charge on any atom is 0.339 e. The highest BCUT2D eigenvalue weighted by atomic mass is 35.5. The number of fused-ring (bicyclic) bond motifs is 1. The molecule has 0 aliphatic carbocycles. The lowest BCUT2D eigenvalue weighted by molar-refractivity contribution is 0.0476. The molecule has 0 atom stereocenters. The van der Waals surface area contributed by atoms with Crippen molar-refractivity contribution in [2.75, 3.05) is 6.61 Å². The van der Waals surface area contributed by atoms with Crippen molar-refractivity contribution >= 4 is 34.3 Å². The molecule has 0 radical (unpaired) electrons. The average molecular weight is 430 g/mol. The molecule has 5 heteroatoms. The molecule has 154 valence electrons. The second-order valence-electron chi connectivity index (χ2n) is 7.45. The smallest absolute Gasteiger partial charge is 0.339 e. The van der Waals surface area contributed by atoms with Crippen LogP contribution in [0.3, 0.4) is 0 Å². The molecule has 0 saturated heterocycles. The number of hydrogen-bond acceptors (Lipinski definition) is 4. The largest absolute Gasteiger partial charge is 0.454 e. The molecule has 0 bridgehead atoms. The van der Waals surface area contributed by atoms with Crippen molar-refractivity contribution in [2.24, 2.45) is 0 Å². The van der Waals surface area contributed by atoms with Gasteiger partial charge in [0.15, 0.2) is 12.4 Å². The van der Waals surface area contributed by atoms with Crippen molar-refractivity contribution < 1.29 is 14.3 Å². The van der Waals surface area contributed by atoms with Gasteiger partial charge >= 0.3 is 5.97 Å². The Labute approximate surface area is 185 Å². The molecule has 0 N–H and O–H groups in total. The van der Waals surface area contributed by atoms with Gasteiger partial charge in [-0.25, -0.2) is 9.78 Å². The highest BCUT2D eigenvalue weighted by molar-refractivity contribution is 6.30. The minimum Gasteiger partial charge on any atom is -0.454 e. The van der Waals surface area contributed by atoms with E-state index < -0.39 is 5.97 Å². The van der Waals surface area contributed by atoms with Crippen LogP contribution < -0.4 is 0 Å². The Hall–Kier alpha value is -3.50. The fourth-order valence-electron chi connectivity index (χ4n) is 3.31. The number of Topliss-reactive ketones (excluding diaryl/α,β-unsaturated/α-hetero) is 1. The molecular weight excluding hydrogens is 410 g/mol. The van der Waals surface area contributed by atoms with Gasteiger partial charge in [-0.2, -0.15) is 0 Å². The normalized spacial score (nSPS) is 10.8. The summed E-state index contributed by atoms with van der Waals surface area (Å²) in [7, 11) is 0. The Morgan fingerprint density at radius 2 is 1.55 bits per heavy atom. The van der Waals surface area contributed by atoms with Crippen LogP contribution in [0.5, 0.6) is 0 Å². The Balaban J connectivity index is 1.66. The lowest BCUT2D eigenvalue weighted by Crippen LogP contribution is -2.15. The van der Waals surface area contributed by atoms with Gasteiger partial charge in [0.05, 0.1) is 16.8 Å². The standard InChI is InChI=1S/C26H20ClNO3/c1-16-3-6-19(7-4-16)25(29)15-31-26(30)22-14-24(18-8-10-20(27)11-9-18)28-23-12-5-17(2)13-21(22)23/h3-14H,15H2,1-2H3. The number of hydrogen-bond donors (Lipinski definition) is 0. The SMILES string of the molecule is Cc1ccc(C(=O)COC(=O)c2cc(-c3ccc(Cl)cc3)nc3ccc(C)cc23)cc1. The Morgan fingerprint density at radius 1 is 0.871 bits per heavy atom. The number of pyridine rings is 1. The third-order valence-corrected chi connectivity index (χ3v) is 5.28. The number of aryl methyl sites for hydroxylation is 2. The van der Waals surface area contributed by atoms with E-state index in [0.717, 1.165) is 16.7 Å². The van der Waals surface area contributed by atoms with Crippen molar-refractivity contribution in [1.29, 1.82) is 0 Å². The van der Waals surface area contributed by atoms with Crippen LogP contribution in [0.2, 0.25) is 5.02 Å². The monoisotopic (exact) mass is 429 g/mol. The quantitative estimate of drug-likeness (QED) is 0.279. The summed E-state index contributed by atoms with van der Waals surface area (Å²) in [5, 5.41) is 1.31. The van der Waals surface area contributed by atoms with Crippen LogP contribution in [-0.2, 0) is 4.74 Å². The fourth-order valence-corrected chi connectivity index (χ4v) is 3.43. The van der Waals surface area contributed by atoms with E-state index in [0.29, 0.717) is 32.7 Å². The Kier molecular flexibility index (Phi) is 5.83. The zero-order chi connectivity index (χ0) is 22.0. The third kappa shape index (κ3) is 4.65. The van der Waals surface area contributed by atoms with E-state index in [1.807, 2.05) is 56.3 Å². The van der Waals surface area contributed by atoms with Gasteiger partial charge in [0, 0.05) is 21.5 Å². The van der Waals surface area contributed by atoms with Crippen LogP contribution >= 0.6 is 11.6 Å². The number of rotatable bonds is 5. The first-order chi connectivity index (χ1) is 14.9. The highest BCUT2D eigenvalue weighted by Crippen LogP contribution is 2.27. The van der Waals surface area contributed by atoms with Gasteiger partial charge in [0.1, 0.15) is 0 Å². The number of halogens is 1. The highest BCUT2D eigenvalue weighted by Gasteiger charge is 2.17. The van der Waals surface area contributed by atoms with Crippen LogP contribution in [0.15, 0.2) is 72.8 Å². The van der Waals surface area contributed by atoms with E-state index in [1.54, 1.807) is 30.3 Å². The van der Waals surface area contributed by atoms with Gasteiger partial charge in [-0.15, -0.1) is 0 Å². The summed E-state index contributed by atoms with van der Waals surface area (Å²) in [5.74, 6) is -0.811. The minimum atomic E-state index is -0.561. The lowest BCUT2D eigenvalue weighted by Gasteiger charge is -2.11. The maximum absolute atomic E-state index is 13.0. The van der Waals surface area contributed by atoms with Gasteiger partial charge in [0.2, 0.25) is 0 Å². The van der Waals surface area contributed by atoms with Gasteiger partial charge in [-0.1, -0.05) is 65.2 Å². The van der Waals surface area contributed by atoms with E-state index >= 15 is 0 Å². The number of esters is 1. The van der Waals surface area contributed by atoms with Crippen LogP contribution in [0, 0.1) is 13.8 Å². The molecule has 31 heavy (non-hydrogen) atoms. The van der Waals surface area contributed by atoms with Gasteiger partial charge in [-0.05, 0) is 44.2 Å². The summed E-state index contributed by atoms with van der Waals surface area (Å²) in [6, 6.07) is 21.8. The summed E-state index contributed by atoms with van der Waals surface area (Å²) < 4.78 is 5.40. The topological polar surface area (TPSA) is 56.3 Å². The molecule has 0 saturated carbocycles. The van der Waals surface area contributed by atoms with Gasteiger partial charge in [0.25, 0.3) is 0 Å². The van der Waals surface area contributed by atoms with Crippen molar-refractivity contribution in [2.45, 2.75) is 13.8 Å². The number of ether oxygens (including phenoxy) is 1. The van der Waals surface area contributed by atoms with Crippen molar-refractivity contribution in [1.82, 2.24) is 4.98 Å². The summed E-state index contributed by atoms with van der Waals surface area (Å²) in [4.78, 5) is 30.1. The number of carbonyl (C=O) groups is 2. The van der Waals surface area contributed by atoms with E-state index in [-0.39, 0.29) is 12.4 Å². The summed E-state index contributed by atoms with van der Waals surface area (Å²) in [5.41, 5.74) is 5.07. The molecule has 0 aliphatic heterocycles. The number of aromatic nitrogens is 1. The molecule has 0 aliphatic rings. The average Bonchev–Trinajstić information content (AvgIpc) is 2.77. The minimum absolute atomic E-state index is 0.249. The second-order valence-corrected chi connectivity index (χ2v) is 7.88. The van der Waals surface area contributed by atoms with Gasteiger partial charge in [-0.3, -0.25) is 4.79 Å². The van der Waals surface area contributed by atoms with Crippen molar-refractivity contribution in [3.8, 4) is 11.3 Å².